The number of hydrogen-bond acceptors (Lipinski definition) is 2. The molecule has 0 radical (unpaired) electrons. The molecule has 3 heteroatoms. The number of carboxylic acids is 1. The van der Waals surface area contributed by atoms with Crippen molar-refractivity contribution in [2.24, 2.45) is 0 Å². The molecule has 0 amide bonds. The summed E-state index contributed by atoms with van der Waals surface area (Å²) in [7, 11) is 1.69. The number of benzene rings is 1. The lowest BCUT2D eigenvalue weighted by atomic mass is 9.88. The molecule has 1 saturated carbocycles. The van der Waals surface area contributed by atoms with Crippen LogP contribution in [0.25, 0.3) is 0 Å². The molecule has 98 valence electrons. The summed E-state index contributed by atoms with van der Waals surface area (Å²) in [5.74, 6) is -0.719. The van der Waals surface area contributed by atoms with Crippen molar-refractivity contribution in [2.45, 2.75) is 44.1 Å². The lowest BCUT2D eigenvalue weighted by Crippen LogP contribution is -2.21. The first-order chi connectivity index (χ1) is 8.39. The standard InChI is InChI=1S/C15H20O3/c1-14(2,18-3)11-5-4-6-12(9-11)15(7-8-15)10-13(16)17/h4-6,9H,7-8,10H2,1-3H3,(H,16,17). The number of rotatable bonds is 5. The lowest BCUT2D eigenvalue weighted by Gasteiger charge is -2.25. The molecule has 1 aliphatic rings. The van der Waals surface area contributed by atoms with Crippen LogP contribution in [0.3, 0.4) is 0 Å². The average Bonchev–Trinajstić information content (AvgIpc) is 3.09. The number of carbonyl (C=O) groups is 1. The molecule has 1 fully saturated rings. The fraction of sp³-hybridized carbons (Fsp3) is 0.533. The quantitative estimate of drug-likeness (QED) is 0.871. The Labute approximate surface area is 108 Å². The lowest BCUT2D eigenvalue weighted by molar-refractivity contribution is -0.137. The van der Waals surface area contributed by atoms with Crippen molar-refractivity contribution in [3.05, 3.63) is 35.4 Å². The van der Waals surface area contributed by atoms with E-state index in [1.807, 2.05) is 32.0 Å². The average molecular weight is 248 g/mol. The summed E-state index contributed by atoms with van der Waals surface area (Å²) in [5, 5.41) is 9.00. The molecule has 0 saturated heterocycles. The highest BCUT2D eigenvalue weighted by atomic mass is 16.5. The van der Waals surface area contributed by atoms with Crippen molar-refractivity contribution in [3.8, 4) is 0 Å². The van der Waals surface area contributed by atoms with Crippen LogP contribution in [0, 0.1) is 0 Å². The van der Waals surface area contributed by atoms with Gasteiger partial charge in [-0.25, -0.2) is 0 Å². The predicted octanol–water partition coefficient (Wildman–Crippen LogP) is 3.07. The fourth-order valence-corrected chi connectivity index (χ4v) is 2.35. The highest BCUT2D eigenvalue weighted by Crippen LogP contribution is 2.51. The Kier molecular flexibility index (Phi) is 3.20. The first kappa shape index (κ1) is 13.1. The zero-order chi connectivity index (χ0) is 13.4. The summed E-state index contributed by atoms with van der Waals surface area (Å²) >= 11 is 0. The minimum atomic E-state index is -0.719. The van der Waals surface area contributed by atoms with Gasteiger partial charge in [-0.05, 0) is 37.8 Å². The minimum absolute atomic E-state index is 0.133. The molecule has 1 aromatic rings. The van der Waals surface area contributed by atoms with Crippen molar-refractivity contribution < 1.29 is 14.6 Å². The van der Waals surface area contributed by atoms with Crippen molar-refractivity contribution >= 4 is 5.97 Å². The number of aliphatic carboxylic acids is 1. The highest BCUT2D eigenvalue weighted by molar-refractivity contribution is 5.70. The maximum absolute atomic E-state index is 10.9. The van der Waals surface area contributed by atoms with Crippen LogP contribution in [0.5, 0.6) is 0 Å². The van der Waals surface area contributed by atoms with E-state index >= 15 is 0 Å². The molecule has 0 heterocycles. The van der Waals surface area contributed by atoms with Gasteiger partial charge in [0.2, 0.25) is 0 Å². The first-order valence-electron chi connectivity index (χ1n) is 6.28. The Morgan fingerprint density at radius 2 is 2.11 bits per heavy atom. The van der Waals surface area contributed by atoms with Crippen LogP contribution in [0.15, 0.2) is 24.3 Å². The normalized spacial score (nSPS) is 17.5. The second kappa shape index (κ2) is 4.39. The van der Waals surface area contributed by atoms with Gasteiger partial charge < -0.3 is 9.84 Å². The Bertz CT molecular complexity index is 459. The summed E-state index contributed by atoms with van der Waals surface area (Å²) in [6.07, 6.45) is 2.16. The van der Waals surface area contributed by atoms with E-state index in [9.17, 15) is 4.79 Å². The maximum Gasteiger partial charge on any atom is 0.304 e. The predicted molar refractivity (Wildman–Crippen MR) is 69.6 cm³/mol. The molecule has 0 spiro atoms. The van der Waals surface area contributed by atoms with Crippen molar-refractivity contribution in [2.75, 3.05) is 7.11 Å². The number of ether oxygens (including phenoxy) is 1. The van der Waals surface area contributed by atoms with Crippen LogP contribution in [-0.4, -0.2) is 18.2 Å². The smallest absolute Gasteiger partial charge is 0.304 e. The Hall–Kier alpha value is -1.35. The van der Waals surface area contributed by atoms with Gasteiger partial charge in [-0.2, -0.15) is 0 Å². The van der Waals surface area contributed by atoms with E-state index in [4.69, 9.17) is 9.84 Å². The molecular weight excluding hydrogens is 228 g/mol. The summed E-state index contributed by atoms with van der Waals surface area (Å²) in [4.78, 5) is 10.9. The van der Waals surface area contributed by atoms with Crippen LogP contribution in [0.1, 0.15) is 44.2 Å². The molecule has 0 unspecified atom stereocenters. The van der Waals surface area contributed by atoms with Gasteiger partial charge in [0.05, 0.1) is 12.0 Å². The van der Waals surface area contributed by atoms with Gasteiger partial charge in [0.1, 0.15) is 0 Å². The van der Waals surface area contributed by atoms with Crippen LogP contribution in [0.4, 0.5) is 0 Å². The summed E-state index contributed by atoms with van der Waals surface area (Å²) in [6, 6.07) is 8.15. The Morgan fingerprint density at radius 1 is 1.44 bits per heavy atom. The van der Waals surface area contributed by atoms with E-state index in [0.717, 1.165) is 24.0 Å². The third kappa shape index (κ3) is 2.41. The van der Waals surface area contributed by atoms with Crippen LogP contribution >= 0.6 is 0 Å². The summed E-state index contributed by atoms with van der Waals surface area (Å²) < 4.78 is 5.48. The van der Waals surface area contributed by atoms with Crippen molar-refractivity contribution in [3.63, 3.8) is 0 Å². The summed E-state index contributed by atoms with van der Waals surface area (Å²) in [5.41, 5.74) is 1.76. The molecule has 0 bridgehead atoms. The van der Waals surface area contributed by atoms with Gasteiger partial charge >= 0.3 is 5.97 Å². The fourth-order valence-electron chi connectivity index (χ4n) is 2.35. The van der Waals surface area contributed by atoms with Crippen LogP contribution in [-0.2, 0) is 20.5 Å². The molecule has 2 rings (SSSR count). The molecular formula is C15H20O3. The summed E-state index contributed by atoms with van der Waals surface area (Å²) in [6.45, 7) is 4.03. The minimum Gasteiger partial charge on any atom is -0.481 e. The van der Waals surface area contributed by atoms with Crippen LogP contribution < -0.4 is 0 Å². The third-order valence-corrected chi connectivity index (χ3v) is 4.02. The topological polar surface area (TPSA) is 46.5 Å². The number of carboxylic acid groups (broad SMARTS) is 1. The SMILES string of the molecule is COC(C)(C)c1cccc(C2(CC(=O)O)CC2)c1. The van der Waals surface area contributed by atoms with Crippen LogP contribution in [0.2, 0.25) is 0 Å². The molecule has 1 aromatic carbocycles. The van der Waals surface area contributed by atoms with Gasteiger partial charge in [0, 0.05) is 12.5 Å². The number of methoxy groups -OCH3 is 1. The largest absolute Gasteiger partial charge is 0.481 e. The molecule has 1 N–H and O–H groups in total. The van der Waals surface area contributed by atoms with Crippen molar-refractivity contribution in [1.29, 1.82) is 0 Å². The Balaban J connectivity index is 2.31. The van der Waals surface area contributed by atoms with Gasteiger partial charge in [-0.15, -0.1) is 0 Å². The van der Waals surface area contributed by atoms with Gasteiger partial charge in [-0.1, -0.05) is 24.3 Å². The highest BCUT2D eigenvalue weighted by Gasteiger charge is 2.46. The van der Waals surface area contributed by atoms with E-state index in [1.54, 1.807) is 7.11 Å². The molecule has 18 heavy (non-hydrogen) atoms. The van der Waals surface area contributed by atoms with E-state index in [0.29, 0.717) is 0 Å². The molecule has 1 aliphatic carbocycles. The second-order valence-electron chi connectivity index (χ2n) is 5.65. The molecule has 0 aliphatic heterocycles. The maximum atomic E-state index is 10.9. The molecule has 3 nitrogen and oxygen atoms in total. The third-order valence-electron chi connectivity index (χ3n) is 4.02. The van der Waals surface area contributed by atoms with E-state index in [1.165, 1.54) is 0 Å². The van der Waals surface area contributed by atoms with Gasteiger partial charge in [0.15, 0.2) is 0 Å². The van der Waals surface area contributed by atoms with E-state index < -0.39 is 5.97 Å². The zero-order valence-corrected chi connectivity index (χ0v) is 11.2. The monoisotopic (exact) mass is 248 g/mol. The van der Waals surface area contributed by atoms with E-state index in [-0.39, 0.29) is 17.4 Å². The Morgan fingerprint density at radius 3 is 2.61 bits per heavy atom. The molecule has 0 atom stereocenters. The number of hydrogen-bond donors (Lipinski definition) is 1. The van der Waals surface area contributed by atoms with Gasteiger partial charge in [0.25, 0.3) is 0 Å². The zero-order valence-electron chi connectivity index (χ0n) is 11.2. The molecule has 0 aromatic heterocycles. The first-order valence-corrected chi connectivity index (χ1v) is 6.28. The van der Waals surface area contributed by atoms with Gasteiger partial charge in [-0.3, -0.25) is 4.79 Å². The van der Waals surface area contributed by atoms with Crippen molar-refractivity contribution in [1.82, 2.24) is 0 Å². The van der Waals surface area contributed by atoms with E-state index in [2.05, 4.69) is 6.07 Å². The second-order valence-corrected chi connectivity index (χ2v) is 5.65.